The fraction of sp³-hybridized carbons (Fsp3) is 0.714. The summed E-state index contributed by atoms with van der Waals surface area (Å²) in [5.41, 5.74) is 0. The van der Waals surface area contributed by atoms with Gasteiger partial charge in [-0.25, -0.2) is 0 Å². The van der Waals surface area contributed by atoms with Crippen molar-refractivity contribution in [1.29, 1.82) is 0 Å². The van der Waals surface area contributed by atoms with Crippen LogP contribution in [0.1, 0.15) is 13.8 Å². The van der Waals surface area contributed by atoms with E-state index in [1.165, 1.54) is 13.8 Å². The molecule has 0 aliphatic carbocycles. The Labute approximate surface area is 128 Å². The van der Waals surface area contributed by atoms with Gasteiger partial charge < -0.3 is 17.8 Å². The average Bonchev–Trinajstić information content (AvgIpc) is 2.20. The zero-order chi connectivity index (χ0) is 11.1. The fourth-order valence-corrected chi connectivity index (χ4v) is 1.41. The van der Waals surface area contributed by atoms with Gasteiger partial charge in [-0.3, -0.25) is 9.59 Å². The summed E-state index contributed by atoms with van der Waals surface area (Å²) >= 11 is 0. The standard InChI is InChI=1S/C7H10BF3NO2.K/c1-4-5(2)7(14)12(6(4)13)3-8(9,10)11;/h4-5H,3H2,1-2H3;/q-1;+1. The largest absolute Gasteiger partial charge is 1.00 e. The molecule has 1 aliphatic rings. The van der Waals surface area contributed by atoms with E-state index >= 15 is 0 Å². The molecule has 3 nitrogen and oxygen atoms in total. The SMILES string of the molecule is CC1C(=O)N(C[B-](F)(F)F)C(=O)C1C.[K+]. The molecule has 1 fully saturated rings. The van der Waals surface area contributed by atoms with Crippen molar-refractivity contribution in [3.05, 3.63) is 0 Å². The topological polar surface area (TPSA) is 37.4 Å². The van der Waals surface area contributed by atoms with E-state index in [-0.39, 0.29) is 51.4 Å². The van der Waals surface area contributed by atoms with Crippen molar-refractivity contribution in [2.24, 2.45) is 11.8 Å². The fourth-order valence-electron chi connectivity index (χ4n) is 1.41. The number of carbonyl (C=O) groups is 2. The van der Waals surface area contributed by atoms with Crippen molar-refractivity contribution in [2.45, 2.75) is 13.8 Å². The Morgan fingerprint density at radius 3 is 1.73 bits per heavy atom. The van der Waals surface area contributed by atoms with Gasteiger partial charge in [0.25, 0.3) is 0 Å². The van der Waals surface area contributed by atoms with E-state index in [4.69, 9.17) is 0 Å². The van der Waals surface area contributed by atoms with Gasteiger partial charge in [-0.1, -0.05) is 13.8 Å². The van der Waals surface area contributed by atoms with E-state index in [9.17, 15) is 22.5 Å². The first-order valence-electron chi connectivity index (χ1n) is 4.30. The Kier molecular flexibility index (Phi) is 5.53. The molecule has 0 aromatic carbocycles. The molecule has 2 unspecified atom stereocenters. The van der Waals surface area contributed by atoms with Crippen LogP contribution in [0.5, 0.6) is 0 Å². The number of halogens is 3. The molecule has 80 valence electrons. The van der Waals surface area contributed by atoms with E-state index in [1.807, 2.05) is 0 Å². The number of imide groups is 1. The van der Waals surface area contributed by atoms with Gasteiger partial charge in [0.15, 0.2) is 0 Å². The zero-order valence-electron chi connectivity index (χ0n) is 8.84. The molecule has 8 heteroatoms. The van der Waals surface area contributed by atoms with Gasteiger partial charge in [-0.15, -0.1) is 0 Å². The second kappa shape index (κ2) is 5.31. The van der Waals surface area contributed by atoms with Crippen molar-refractivity contribution < 1.29 is 73.9 Å². The summed E-state index contributed by atoms with van der Waals surface area (Å²) < 4.78 is 36.1. The van der Waals surface area contributed by atoms with Crippen LogP contribution in [-0.2, 0) is 9.59 Å². The van der Waals surface area contributed by atoms with Crippen molar-refractivity contribution in [2.75, 3.05) is 6.44 Å². The summed E-state index contributed by atoms with van der Waals surface area (Å²) in [6.07, 6.45) is -1.41. The van der Waals surface area contributed by atoms with E-state index < -0.39 is 37.1 Å². The normalized spacial score (nSPS) is 26.9. The minimum atomic E-state index is -5.13. The number of hydrogen-bond donors (Lipinski definition) is 0. The Balaban J connectivity index is 0.00000196. The van der Waals surface area contributed by atoms with Crippen molar-refractivity contribution in [1.82, 2.24) is 4.90 Å². The van der Waals surface area contributed by atoms with Crippen molar-refractivity contribution >= 4 is 18.8 Å². The number of hydrogen-bond acceptors (Lipinski definition) is 2. The molecular weight excluding hydrogens is 237 g/mol. The van der Waals surface area contributed by atoms with Crippen LogP contribution in [-0.4, -0.2) is 30.1 Å². The van der Waals surface area contributed by atoms with E-state index in [0.717, 1.165) is 0 Å². The number of nitrogens with zero attached hydrogens (tertiary/aromatic N) is 1. The van der Waals surface area contributed by atoms with Gasteiger partial charge in [-0.2, -0.15) is 0 Å². The minimum Gasteiger partial charge on any atom is -0.448 e. The van der Waals surface area contributed by atoms with Crippen LogP contribution in [0, 0.1) is 11.8 Å². The molecule has 0 N–H and O–H groups in total. The van der Waals surface area contributed by atoms with Crippen molar-refractivity contribution in [3.8, 4) is 0 Å². The second-order valence-corrected chi connectivity index (χ2v) is 3.57. The number of rotatable bonds is 2. The molecule has 15 heavy (non-hydrogen) atoms. The molecule has 1 rings (SSSR count). The van der Waals surface area contributed by atoms with Gasteiger partial charge in [0.05, 0.1) is 0 Å². The Morgan fingerprint density at radius 2 is 1.47 bits per heavy atom. The predicted molar refractivity (Wildman–Crippen MR) is 44.1 cm³/mol. The van der Waals surface area contributed by atoms with Gasteiger partial charge >= 0.3 is 58.4 Å². The van der Waals surface area contributed by atoms with Crippen LogP contribution in [0.15, 0.2) is 0 Å². The van der Waals surface area contributed by atoms with Crippen LogP contribution in [0.2, 0.25) is 0 Å². The summed E-state index contributed by atoms with van der Waals surface area (Å²) in [4.78, 5) is 22.8. The van der Waals surface area contributed by atoms with Gasteiger partial charge in [-0.05, 0) is 6.44 Å². The number of carbonyl (C=O) groups excluding carboxylic acids is 2. The molecule has 1 heterocycles. The molecule has 0 bridgehead atoms. The zero-order valence-corrected chi connectivity index (χ0v) is 12.0. The molecule has 0 saturated carbocycles. The summed E-state index contributed by atoms with van der Waals surface area (Å²) in [6.45, 7) is -2.20. The molecule has 2 atom stereocenters. The third-order valence-electron chi connectivity index (χ3n) is 2.45. The van der Waals surface area contributed by atoms with Gasteiger partial charge in [0.2, 0.25) is 11.8 Å². The van der Waals surface area contributed by atoms with Gasteiger partial charge in [0.1, 0.15) is 0 Å². The Morgan fingerprint density at radius 1 is 1.13 bits per heavy atom. The Bertz CT molecular complexity index is 264. The third-order valence-corrected chi connectivity index (χ3v) is 2.45. The maximum Gasteiger partial charge on any atom is 1.00 e. The first kappa shape index (κ1) is 15.6. The first-order chi connectivity index (χ1) is 6.24. The monoisotopic (exact) mass is 247 g/mol. The minimum absolute atomic E-state index is 0. The molecule has 0 aromatic heterocycles. The molecule has 1 aliphatic heterocycles. The molecule has 2 amide bonds. The molecule has 0 aromatic rings. The number of likely N-dealkylation sites (tertiary alicyclic amines) is 1. The van der Waals surface area contributed by atoms with Crippen LogP contribution >= 0.6 is 0 Å². The molecule has 0 spiro atoms. The molecule has 0 radical (unpaired) electrons. The van der Waals surface area contributed by atoms with E-state index in [1.54, 1.807) is 0 Å². The maximum atomic E-state index is 12.0. The van der Waals surface area contributed by atoms with E-state index in [2.05, 4.69) is 0 Å². The smallest absolute Gasteiger partial charge is 0.448 e. The summed E-state index contributed by atoms with van der Waals surface area (Å²) in [6, 6.07) is 0. The molecule has 1 saturated heterocycles. The van der Waals surface area contributed by atoms with E-state index in [0.29, 0.717) is 4.90 Å². The van der Waals surface area contributed by atoms with Crippen LogP contribution in [0.4, 0.5) is 12.9 Å². The van der Waals surface area contributed by atoms with Crippen LogP contribution in [0.25, 0.3) is 0 Å². The average molecular weight is 247 g/mol. The predicted octanol–water partition coefficient (Wildman–Crippen LogP) is -1.98. The summed E-state index contributed by atoms with van der Waals surface area (Å²) in [5.74, 6) is -2.72. The third kappa shape index (κ3) is 3.55. The second-order valence-electron chi connectivity index (χ2n) is 3.57. The first-order valence-corrected chi connectivity index (χ1v) is 4.30. The maximum absolute atomic E-state index is 12.0. The summed E-state index contributed by atoms with van der Waals surface area (Å²) in [5, 5.41) is 0. The molecular formula is C7H10BF3KNO2. The Hall–Kier alpha value is 0.631. The quantitative estimate of drug-likeness (QED) is 0.419. The number of amides is 2. The van der Waals surface area contributed by atoms with Crippen molar-refractivity contribution in [3.63, 3.8) is 0 Å². The van der Waals surface area contributed by atoms with Crippen LogP contribution in [0.3, 0.4) is 0 Å². The van der Waals surface area contributed by atoms with Gasteiger partial charge in [0, 0.05) is 11.8 Å². The van der Waals surface area contributed by atoms with Crippen LogP contribution < -0.4 is 51.4 Å². The summed E-state index contributed by atoms with van der Waals surface area (Å²) in [7, 11) is 0.